The highest BCUT2D eigenvalue weighted by Gasteiger charge is 2.35. The number of benzene rings is 5. The fourth-order valence-corrected chi connectivity index (χ4v) is 5.93. The van der Waals surface area contributed by atoms with E-state index < -0.39 is 74.3 Å². The molecule has 0 spiro atoms. The van der Waals surface area contributed by atoms with Crippen LogP contribution in [0.1, 0.15) is 53.1 Å². The second kappa shape index (κ2) is 10.3. The molecule has 0 radical (unpaired) electrons. The highest BCUT2D eigenvalue weighted by atomic mass is 19.2. The quantitative estimate of drug-likeness (QED) is 0.149. The van der Waals surface area contributed by atoms with Crippen molar-refractivity contribution in [2.24, 2.45) is 0 Å². The molecule has 1 aliphatic heterocycles. The number of fused-ring (bicyclic) bond motifs is 2. The van der Waals surface area contributed by atoms with Crippen LogP contribution in [-0.4, -0.2) is 0 Å². The minimum Gasteiger partial charge on any atom is -0.457 e. The summed E-state index contributed by atoms with van der Waals surface area (Å²) in [6.07, 6.45) is 0. The van der Waals surface area contributed by atoms with Gasteiger partial charge in [0.2, 0.25) is 0 Å². The van der Waals surface area contributed by atoms with E-state index in [-0.39, 0.29) is 11.1 Å². The highest BCUT2D eigenvalue weighted by Crippen LogP contribution is 2.49. The molecular weight excluding hydrogens is 569 g/mol. The van der Waals surface area contributed by atoms with Crippen LogP contribution >= 0.6 is 0 Å². The molecule has 0 fully saturated rings. The maximum atomic E-state index is 15.9. The Bertz CT molecular complexity index is 1800. The van der Waals surface area contributed by atoms with Crippen LogP contribution in [0.25, 0.3) is 11.1 Å². The standard InChI is InChI=1S/C35H23F7O/c1-17-10-23(37)33(24(38)11-17)32(34-27(41)15-20(36)16-28(34)42)19-13-25(39)31(26(40)14-19)18-8-9-30-22(12-18)35(2,3)21-6-4-5-7-29(21)43-30/h4-16,32H,1-3H3. The molecule has 1 nitrogen and oxygen atoms in total. The second-order valence-corrected chi connectivity index (χ2v) is 11.2. The molecule has 0 N–H and O–H groups in total. The molecule has 5 aromatic carbocycles. The van der Waals surface area contributed by atoms with Gasteiger partial charge < -0.3 is 4.74 Å². The summed E-state index contributed by atoms with van der Waals surface area (Å²) < 4.78 is 112. The van der Waals surface area contributed by atoms with Gasteiger partial charge in [-0.2, -0.15) is 0 Å². The van der Waals surface area contributed by atoms with E-state index in [4.69, 9.17) is 4.74 Å². The first-order chi connectivity index (χ1) is 20.4. The average molecular weight is 593 g/mol. The Morgan fingerprint density at radius 1 is 0.581 bits per heavy atom. The molecule has 8 heteroatoms. The molecule has 0 bridgehead atoms. The number of ether oxygens (including phenoxy) is 1. The lowest BCUT2D eigenvalue weighted by molar-refractivity contribution is 0.418. The first kappa shape index (κ1) is 28.5. The van der Waals surface area contributed by atoms with Crippen molar-refractivity contribution in [3.8, 4) is 22.6 Å². The van der Waals surface area contributed by atoms with Crippen molar-refractivity contribution in [3.63, 3.8) is 0 Å². The number of rotatable bonds is 4. The third-order valence-electron chi connectivity index (χ3n) is 7.96. The van der Waals surface area contributed by atoms with Gasteiger partial charge in [0.15, 0.2) is 0 Å². The smallest absolute Gasteiger partial charge is 0.134 e. The molecule has 1 heterocycles. The van der Waals surface area contributed by atoms with Crippen LogP contribution in [0.2, 0.25) is 0 Å². The zero-order chi connectivity index (χ0) is 30.8. The van der Waals surface area contributed by atoms with Gasteiger partial charge in [-0.1, -0.05) is 38.1 Å². The minimum absolute atomic E-state index is 0.153. The van der Waals surface area contributed by atoms with Gasteiger partial charge in [-0.05, 0) is 66.1 Å². The summed E-state index contributed by atoms with van der Waals surface area (Å²) in [5.41, 5.74) is -1.44. The average Bonchev–Trinajstić information content (AvgIpc) is 2.91. The maximum Gasteiger partial charge on any atom is 0.134 e. The molecule has 1 aliphatic rings. The van der Waals surface area contributed by atoms with E-state index in [1.165, 1.54) is 13.0 Å². The van der Waals surface area contributed by atoms with E-state index in [1.54, 1.807) is 12.1 Å². The van der Waals surface area contributed by atoms with Crippen LogP contribution in [0.15, 0.2) is 78.9 Å². The van der Waals surface area contributed by atoms with Crippen LogP contribution in [0, 0.1) is 47.6 Å². The van der Waals surface area contributed by atoms with E-state index in [0.717, 1.165) is 29.8 Å². The Labute approximate surface area is 243 Å². The summed E-state index contributed by atoms with van der Waals surface area (Å²) in [6, 6.07) is 16.2. The molecule has 0 saturated heterocycles. The van der Waals surface area contributed by atoms with Crippen LogP contribution in [0.4, 0.5) is 30.7 Å². The molecule has 43 heavy (non-hydrogen) atoms. The molecular formula is C35H23F7O. The van der Waals surface area contributed by atoms with E-state index in [9.17, 15) is 4.39 Å². The highest BCUT2D eigenvalue weighted by molar-refractivity contribution is 5.70. The predicted molar refractivity (Wildman–Crippen MR) is 149 cm³/mol. The molecule has 1 unspecified atom stereocenters. The van der Waals surface area contributed by atoms with E-state index >= 15 is 26.3 Å². The minimum atomic E-state index is -1.98. The van der Waals surface area contributed by atoms with Gasteiger partial charge in [0, 0.05) is 45.7 Å². The van der Waals surface area contributed by atoms with Crippen molar-refractivity contribution >= 4 is 0 Å². The van der Waals surface area contributed by atoms with Crippen LogP contribution in [0.3, 0.4) is 0 Å². The first-order valence-corrected chi connectivity index (χ1v) is 13.4. The van der Waals surface area contributed by atoms with Crippen molar-refractivity contribution in [3.05, 3.63) is 153 Å². The van der Waals surface area contributed by atoms with Crippen LogP contribution < -0.4 is 4.74 Å². The van der Waals surface area contributed by atoms with E-state index in [0.29, 0.717) is 29.2 Å². The Kier molecular flexibility index (Phi) is 6.83. The van der Waals surface area contributed by atoms with Gasteiger partial charge in [0.25, 0.3) is 0 Å². The Morgan fingerprint density at radius 2 is 1.12 bits per heavy atom. The third kappa shape index (κ3) is 4.75. The number of halogens is 7. The molecule has 218 valence electrons. The Hall–Kier alpha value is -4.59. The number of aryl methyl sites for hydroxylation is 1. The molecule has 6 rings (SSSR count). The van der Waals surface area contributed by atoms with Gasteiger partial charge in [-0.15, -0.1) is 0 Å². The summed E-state index contributed by atoms with van der Waals surface area (Å²) in [4.78, 5) is 0. The van der Waals surface area contributed by atoms with E-state index in [1.807, 2.05) is 38.1 Å². The normalized spacial score (nSPS) is 14.1. The Morgan fingerprint density at radius 3 is 1.72 bits per heavy atom. The van der Waals surface area contributed by atoms with Crippen LogP contribution in [-0.2, 0) is 5.41 Å². The summed E-state index contributed by atoms with van der Waals surface area (Å²) in [5.74, 6) is -9.65. The summed E-state index contributed by atoms with van der Waals surface area (Å²) in [5, 5.41) is 0. The summed E-state index contributed by atoms with van der Waals surface area (Å²) in [7, 11) is 0. The fourth-order valence-electron chi connectivity index (χ4n) is 5.93. The van der Waals surface area contributed by atoms with Crippen molar-refractivity contribution in [1.29, 1.82) is 0 Å². The zero-order valence-corrected chi connectivity index (χ0v) is 23.1. The lowest BCUT2D eigenvalue weighted by Crippen LogP contribution is -2.24. The van der Waals surface area contributed by atoms with Crippen molar-refractivity contribution in [1.82, 2.24) is 0 Å². The van der Waals surface area contributed by atoms with Gasteiger partial charge in [-0.25, -0.2) is 30.7 Å². The van der Waals surface area contributed by atoms with Gasteiger partial charge in [0.05, 0.1) is 5.56 Å². The third-order valence-corrected chi connectivity index (χ3v) is 7.96. The van der Waals surface area contributed by atoms with Gasteiger partial charge in [0.1, 0.15) is 52.2 Å². The topological polar surface area (TPSA) is 9.23 Å². The maximum absolute atomic E-state index is 15.9. The molecule has 5 aromatic rings. The van der Waals surface area contributed by atoms with Crippen molar-refractivity contribution in [2.75, 3.05) is 0 Å². The van der Waals surface area contributed by atoms with Crippen molar-refractivity contribution in [2.45, 2.75) is 32.1 Å². The largest absolute Gasteiger partial charge is 0.457 e. The lowest BCUT2D eigenvalue weighted by atomic mass is 9.75. The zero-order valence-electron chi connectivity index (χ0n) is 23.1. The molecule has 0 aromatic heterocycles. The predicted octanol–water partition coefficient (Wildman–Crippen LogP) is 10.2. The number of hydrogen-bond donors (Lipinski definition) is 0. The fraction of sp³-hybridized carbons (Fsp3) is 0.143. The first-order valence-electron chi connectivity index (χ1n) is 13.4. The molecule has 0 amide bonds. The van der Waals surface area contributed by atoms with Crippen LogP contribution in [0.5, 0.6) is 11.5 Å². The second-order valence-electron chi connectivity index (χ2n) is 11.2. The summed E-state index contributed by atoms with van der Waals surface area (Å²) >= 11 is 0. The van der Waals surface area contributed by atoms with E-state index in [2.05, 4.69) is 0 Å². The van der Waals surface area contributed by atoms with Gasteiger partial charge in [-0.3, -0.25) is 0 Å². The Balaban J connectivity index is 1.52. The monoisotopic (exact) mass is 592 g/mol. The summed E-state index contributed by atoms with van der Waals surface area (Å²) in [6.45, 7) is 5.31. The molecule has 0 aliphatic carbocycles. The molecule has 1 atom stereocenters. The molecule has 0 saturated carbocycles. The lowest BCUT2D eigenvalue weighted by Gasteiger charge is -2.34. The van der Waals surface area contributed by atoms with Crippen molar-refractivity contribution < 1.29 is 35.5 Å². The number of hydrogen-bond acceptors (Lipinski definition) is 1. The number of para-hydroxylation sites is 1. The van der Waals surface area contributed by atoms with Gasteiger partial charge >= 0.3 is 0 Å². The SMILES string of the molecule is Cc1cc(F)c(C(c2cc(F)c(-c3ccc4c(c3)C(C)(C)c3ccccc3O4)c(F)c2)c2c(F)cc(F)cc2F)c(F)c1.